The first-order chi connectivity index (χ1) is 12.0. The molecule has 0 fully saturated rings. The van der Waals surface area contributed by atoms with Gasteiger partial charge in [0.25, 0.3) is 5.91 Å². The highest BCUT2D eigenvalue weighted by molar-refractivity contribution is 5.98. The van der Waals surface area contributed by atoms with Crippen molar-refractivity contribution in [3.05, 3.63) is 75.4 Å². The molecule has 3 aromatic rings. The van der Waals surface area contributed by atoms with E-state index in [0.29, 0.717) is 5.75 Å². The van der Waals surface area contributed by atoms with Crippen LogP contribution in [0.25, 0.3) is 11.0 Å². The summed E-state index contributed by atoms with van der Waals surface area (Å²) < 4.78 is 24.3. The van der Waals surface area contributed by atoms with Crippen LogP contribution in [0.4, 0.5) is 4.39 Å². The van der Waals surface area contributed by atoms with Gasteiger partial charge in [-0.05, 0) is 35.9 Å². The van der Waals surface area contributed by atoms with Gasteiger partial charge in [-0.1, -0.05) is 12.1 Å². The van der Waals surface area contributed by atoms with Crippen LogP contribution >= 0.6 is 0 Å². The number of carbonyl (C=O) groups is 1. The standard InChI is InChI=1S/C19H14FNO4/c1-21-16(10-3-6-12(24-2)7-4-10)15-17(22)13-9-11(20)5-8-14(13)25-18(15)19(21)23/h3-9,16H,1-2H3/t16-/m1/s1. The van der Waals surface area contributed by atoms with Crippen LogP contribution < -0.4 is 10.2 Å². The minimum atomic E-state index is -0.586. The number of rotatable bonds is 2. The van der Waals surface area contributed by atoms with Crippen LogP contribution in [0.3, 0.4) is 0 Å². The number of hydrogen-bond donors (Lipinski definition) is 0. The Morgan fingerprint density at radius 2 is 1.84 bits per heavy atom. The molecule has 1 aromatic heterocycles. The first-order valence-corrected chi connectivity index (χ1v) is 7.68. The number of amides is 1. The van der Waals surface area contributed by atoms with Gasteiger partial charge in [-0.3, -0.25) is 9.59 Å². The van der Waals surface area contributed by atoms with Crippen LogP contribution in [-0.4, -0.2) is 25.0 Å². The molecule has 126 valence electrons. The fourth-order valence-corrected chi connectivity index (χ4v) is 3.24. The van der Waals surface area contributed by atoms with Crippen LogP contribution in [0.5, 0.6) is 5.75 Å². The molecule has 1 aliphatic heterocycles. The van der Waals surface area contributed by atoms with Crippen molar-refractivity contribution in [2.45, 2.75) is 6.04 Å². The summed E-state index contributed by atoms with van der Waals surface area (Å²) in [5, 5.41) is 0.125. The summed E-state index contributed by atoms with van der Waals surface area (Å²) in [6.45, 7) is 0. The fraction of sp³-hybridized carbons (Fsp3) is 0.158. The lowest BCUT2D eigenvalue weighted by molar-refractivity contribution is 0.0771. The molecule has 2 heterocycles. The van der Waals surface area contributed by atoms with E-state index in [9.17, 15) is 14.0 Å². The molecule has 0 N–H and O–H groups in total. The largest absolute Gasteiger partial charge is 0.497 e. The maximum atomic E-state index is 13.6. The molecule has 1 atom stereocenters. The second-order valence-corrected chi connectivity index (χ2v) is 5.91. The van der Waals surface area contributed by atoms with Gasteiger partial charge in [0.05, 0.1) is 24.1 Å². The van der Waals surface area contributed by atoms with Crippen molar-refractivity contribution in [2.24, 2.45) is 0 Å². The van der Waals surface area contributed by atoms with E-state index < -0.39 is 17.3 Å². The molecule has 0 unspecified atom stereocenters. The third kappa shape index (κ3) is 2.21. The molecule has 4 rings (SSSR count). The van der Waals surface area contributed by atoms with Gasteiger partial charge in [0.15, 0.2) is 5.43 Å². The summed E-state index contributed by atoms with van der Waals surface area (Å²) in [4.78, 5) is 27.0. The van der Waals surface area contributed by atoms with Crippen molar-refractivity contribution >= 4 is 16.9 Å². The molecular formula is C19H14FNO4. The summed E-state index contributed by atoms with van der Waals surface area (Å²) in [6.07, 6.45) is 0. The van der Waals surface area contributed by atoms with Crippen LogP contribution in [0.2, 0.25) is 0 Å². The molecule has 1 aliphatic rings. The molecule has 1 amide bonds. The van der Waals surface area contributed by atoms with E-state index in [-0.39, 0.29) is 28.2 Å². The molecule has 5 nitrogen and oxygen atoms in total. The molecule has 0 spiro atoms. The summed E-state index contributed by atoms with van der Waals surface area (Å²) in [6, 6.07) is 10.2. The van der Waals surface area contributed by atoms with E-state index in [2.05, 4.69) is 0 Å². The van der Waals surface area contributed by atoms with E-state index in [1.54, 1.807) is 38.4 Å². The number of carbonyl (C=O) groups excluding carboxylic acids is 1. The molecular weight excluding hydrogens is 325 g/mol. The maximum absolute atomic E-state index is 13.6. The monoisotopic (exact) mass is 339 g/mol. The zero-order valence-corrected chi connectivity index (χ0v) is 13.6. The lowest BCUT2D eigenvalue weighted by atomic mass is 9.98. The van der Waals surface area contributed by atoms with Crippen molar-refractivity contribution in [1.29, 1.82) is 0 Å². The summed E-state index contributed by atoms with van der Waals surface area (Å²) in [7, 11) is 3.17. The SMILES string of the molecule is COc1ccc([C@@H]2c3c(oc4ccc(F)cc4c3=O)C(=O)N2C)cc1. The Labute approximate surface area is 142 Å². The first kappa shape index (κ1) is 15.4. The number of halogens is 1. The highest BCUT2D eigenvalue weighted by Crippen LogP contribution is 2.37. The summed E-state index contributed by atoms with van der Waals surface area (Å²) in [5.74, 6) is -0.228. The maximum Gasteiger partial charge on any atom is 0.290 e. The van der Waals surface area contributed by atoms with E-state index in [0.717, 1.165) is 11.6 Å². The fourth-order valence-electron chi connectivity index (χ4n) is 3.24. The third-order valence-electron chi connectivity index (χ3n) is 4.49. The molecule has 6 heteroatoms. The normalized spacial score (nSPS) is 16.4. The van der Waals surface area contributed by atoms with Gasteiger partial charge in [0, 0.05) is 7.05 Å². The number of hydrogen-bond acceptors (Lipinski definition) is 4. The van der Waals surface area contributed by atoms with Gasteiger partial charge in [-0.15, -0.1) is 0 Å². The Morgan fingerprint density at radius 1 is 1.12 bits per heavy atom. The van der Waals surface area contributed by atoms with Gasteiger partial charge in [0.1, 0.15) is 17.1 Å². The molecule has 0 radical (unpaired) electrons. The van der Waals surface area contributed by atoms with Gasteiger partial charge in [-0.25, -0.2) is 4.39 Å². The highest BCUT2D eigenvalue weighted by atomic mass is 19.1. The average Bonchev–Trinajstić information content (AvgIpc) is 2.88. The minimum Gasteiger partial charge on any atom is -0.497 e. The molecule has 25 heavy (non-hydrogen) atoms. The van der Waals surface area contributed by atoms with Crippen molar-refractivity contribution in [3.8, 4) is 5.75 Å². The van der Waals surface area contributed by atoms with Crippen molar-refractivity contribution in [1.82, 2.24) is 4.90 Å². The molecule has 0 bridgehead atoms. The zero-order chi connectivity index (χ0) is 17.7. The number of fused-ring (bicyclic) bond motifs is 2. The molecule has 0 aliphatic carbocycles. The quantitative estimate of drug-likeness (QED) is 0.720. The number of nitrogens with zero attached hydrogens (tertiary/aromatic N) is 1. The Kier molecular flexibility index (Phi) is 3.35. The van der Waals surface area contributed by atoms with Gasteiger partial charge in [-0.2, -0.15) is 0 Å². The predicted molar refractivity (Wildman–Crippen MR) is 89.4 cm³/mol. The van der Waals surface area contributed by atoms with E-state index in [4.69, 9.17) is 9.15 Å². The zero-order valence-electron chi connectivity index (χ0n) is 13.6. The lowest BCUT2D eigenvalue weighted by Gasteiger charge is -2.20. The molecule has 0 saturated carbocycles. The number of benzene rings is 2. The Balaban J connectivity index is 1.98. The smallest absolute Gasteiger partial charge is 0.290 e. The molecule has 0 saturated heterocycles. The number of ether oxygens (including phenoxy) is 1. The highest BCUT2D eigenvalue weighted by Gasteiger charge is 2.40. The van der Waals surface area contributed by atoms with Crippen molar-refractivity contribution in [2.75, 3.05) is 14.2 Å². The van der Waals surface area contributed by atoms with Gasteiger partial charge in [0.2, 0.25) is 5.76 Å². The van der Waals surface area contributed by atoms with Crippen LogP contribution in [0.15, 0.2) is 51.7 Å². The lowest BCUT2D eigenvalue weighted by Crippen LogP contribution is -2.25. The van der Waals surface area contributed by atoms with Gasteiger partial charge < -0.3 is 14.1 Å². The Hall–Kier alpha value is -3.15. The number of methoxy groups -OCH3 is 1. The first-order valence-electron chi connectivity index (χ1n) is 7.68. The van der Waals surface area contributed by atoms with E-state index in [1.807, 2.05) is 0 Å². The second kappa shape index (κ2) is 5.44. The summed E-state index contributed by atoms with van der Waals surface area (Å²) in [5.41, 5.74) is 0.783. The molecule has 2 aromatic carbocycles. The second-order valence-electron chi connectivity index (χ2n) is 5.91. The summed E-state index contributed by atoms with van der Waals surface area (Å²) >= 11 is 0. The van der Waals surface area contributed by atoms with Gasteiger partial charge >= 0.3 is 0 Å². The van der Waals surface area contributed by atoms with Crippen LogP contribution in [0, 0.1) is 5.82 Å². The predicted octanol–water partition coefficient (Wildman–Crippen LogP) is 3.12. The van der Waals surface area contributed by atoms with Crippen LogP contribution in [0.1, 0.15) is 27.7 Å². The van der Waals surface area contributed by atoms with Crippen LogP contribution in [-0.2, 0) is 0 Å². The van der Waals surface area contributed by atoms with Crippen molar-refractivity contribution < 1.29 is 18.3 Å². The third-order valence-corrected chi connectivity index (χ3v) is 4.49. The Morgan fingerprint density at radius 3 is 2.52 bits per heavy atom. The Bertz CT molecular complexity index is 1060. The average molecular weight is 339 g/mol. The van der Waals surface area contributed by atoms with Crippen molar-refractivity contribution in [3.63, 3.8) is 0 Å². The minimum absolute atomic E-state index is 0.00688. The topological polar surface area (TPSA) is 59.8 Å². The van der Waals surface area contributed by atoms with E-state index in [1.165, 1.54) is 17.0 Å². The van der Waals surface area contributed by atoms with E-state index >= 15 is 0 Å².